The number of rotatable bonds is 8. The third kappa shape index (κ3) is 5.56. The van der Waals surface area contributed by atoms with Crippen LogP contribution in [0.25, 0.3) is 0 Å². The second-order valence-electron chi connectivity index (χ2n) is 7.40. The van der Waals surface area contributed by atoms with Crippen molar-refractivity contribution in [2.75, 3.05) is 11.9 Å². The summed E-state index contributed by atoms with van der Waals surface area (Å²) in [4.78, 5) is 51.8. The van der Waals surface area contributed by atoms with Crippen molar-refractivity contribution in [2.24, 2.45) is 5.92 Å². The number of hydrogen-bond acceptors (Lipinski definition) is 5. The van der Waals surface area contributed by atoms with Crippen LogP contribution < -0.4 is 10.6 Å². The summed E-state index contributed by atoms with van der Waals surface area (Å²) in [6, 6.07) is 7.33. The van der Waals surface area contributed by atoms with Crippen LogP contribution in [0.5, 0.6) is 0 Å². The number of aromatic nitrogens is 1. The molecule has 1 aromatic heterocycles. The van der Waals surface area contributed by atoms with Crippen molar-refractivity contribution in [3.05, 3.63) is 52.8 Å². The molecule has 0 bridgehead atoms. The number of Topliss-reactive ketones (excluding diaryl/α,β-unsaturated/α-hetero) is 2. The third-order valence-electron chi connectivity index (χ3n) is 4.65. The molecule has 1 aromatic carbocycles. The first-order valence-corrected chi connectivity index (χ1v) is 9.64. The second-order valence-corrected chi connectivity index (χ2v) is 7.40. The Morgan fingerprint density at radius 3 is 2.23 bits per heavy atom. The molecule has 30 heavy (non-hydrogen) atoms. The lowest BCUT2D eigenvalue weighted by Gasteiger charge is -2.21. The molecule has 8 heteroatoms. The highest BCUT2D eigenvalue weighted by Crippen LogP contribution is 2.19. The number of carbonyl (C=O) groups excluding carboxylic acids is 4. The number of aryl methyl sites for hydroxylation is 1. The number of H-pyrrole nitrogens is 1. The molecule has 1 heterocycles. The molecule has 0 saturated heterocycles. The Morgan fingerprint density at radius 1 is 1.07 bits per heavy atom. The van der Waals surface area contributed by atoms with E-state index in [0.29, 0.717) is 22.5 Å². The number of nitrogens with one attached hydrogen (secondary N) is 3. The van der Waals surface area contributed by atoms with Crippen LogP contribution in [0.3, 0.4) is 0 Å². The molecule has 0 spiro atoms. The van der Waals surface area contributed by atoms with Crippen LogP contribution in [0.15, 0.2) is 30.3 Å². The Hall–Kier alpha value is -3.42. The average Bonchev–Trinajstić information content (AvgIpc) is 2.98. The Bertz CT molecular complexity index is 947. The molecule has 2 amide bonds. The summed E-state index contributed by atoms with van der Waals surface area (Å²) in [5.74, 6) is -1.57. The van der Waals surface area contributed by atoms with Gasteiger partial charge in [0.1, 0.15) is 6.04 Å². The van der Waals surface area contributed by atoms with E-state index >= 15 is 0 Å². The van der Waals surface area contributed by atoms with Gasteiger partial charge in [-0.3, -0.25) is 9.59 Å². The zero-order chi connectivity index (χ0) is 22.4. The van der Waals surface area contributed by atoms with Gasteiger partial charge in [-0.1, -0.05) is 32.0 Å². The van der Waals surface area contributed by atoms with Crippen LogP contribution in [-0.2, 0) is 9.53 Å². The highest BCUT2D eigenvalue weighted by atomic mass is 16.5. The van der Waals surface area contributed by atoms with Gasteiger partial charge in [-0.25, -0.2) is 9.59 Å². The standard InChI is InChI=1S/C22H27N3O5/c1-12(2)19(25-22(29)24-16-9-7-6-8-10-16)21(28)30-11-17(27)20-13(3)18(15(5)26)14(4)23-20/h6-10,12,19,23H,11H2,1-5H3,(H2,24,25,29)/t19-/m0/s1. The highest BCUT2D eigenvalue weighted by molar-refractivity contribution is 6.04. The van der Waals surface area contributed by atoms with Gasteiger partial charge in [0.2, 0.25) is 5.78 Å². The number of carbonyl (C=O) groups is 4. The lowest BCUT2D eigenvalue weighted by molar-refractivity contribution is -0.145. The van der Waals surface area contributed by atoms with E-state index in [1.165, 1.54) is 6.92 Å². The van der Waals surface area contributed by atoms with Crippen molar-refractivity contribution in [1.82, 2.24) is 10.3 Å². The topological polar surface area (TPSA) is 117 Å². The van der Waals surface area contributed by atoms with E-state index in [1.54, 1.807) is 52.0 Å². The maximum absolute atomic E-state index is 12.5. The molecule has 8 nitrogen and oxygen atoms in total. The minimum atomic E-state index is -0.930. The van der Waals surface area contributed by atoms with Gasteiger partial charge in [0.05, 0.1) is 5.69 Å². The number of ether oxygens (including phenoxy) is 1. The number of para-hydroxylation sites is 1. The maximum atomic E-state index is 12.5. The minimum Gasteiger partial charge on any atom is -0.456 e. The average molecular weight is 413 g/mol. The van der Waals surface area contributed by atoms with E-state index in [0.717, 1.165) is 0 Å². The zero-order valence-electron chi connectivity index (χ0n) is 17.8. The molecule has 0 unspecified atom stereocenters. The van der Waals surface area contributed by atoms with Gasteiger partial charge in [0.25, 0.3) is 0 Å². The lowest BCUT2D eigenvalue weighted by atomic mass is 10.0. The summed E-state index contributed by atoms with van der Waals surface area (Å²) in [6.45, 7) is 7.82. The van der Waals surface area contributed by atoms with E-state index in [2.05, 4.69) is 15.6 Å². The summed E-state index contributed by atoms with van der Waals surface area (Å²) in [5.41, 5.74) is 2.40. The monoisotopic (exact) mass is 413 g/mol. The third-order valence-corrected chi connectivity index (χ3v) is 4.65. The van der Waals surface area contributed by atoms with Gasteiger partial charge < -0.3 is 20.4 Å². The normalized spacial score (nSPS) is 11.7. The van der Waals surface area contributed by atoms with Crippen molar-refractivity contribution in [1.29, 1.82) is 0 Å². The number of aromatic amines is 1. The van der Waals surface area contributed by atoms with E-state index < -0.39 is 30.4 Å². The van der Waals surface area contributed by atoms with Crippen LogP contribution in [-0.4, -0.2) is 41.2 Å². The Balaban J connectivity index is 2.00. The van der Waals surface area contributed by atoms with Crippen molar-refractivity contribution in [3.8, 4) is 0 Å². The predicted molar refractivity (Wildman–Crippen MR) is 113 cm³/mol. The molecule has 3 N–H and O–H groups in total. The van der Waals surface area contributed by atoms with E-state index in [1.807, 2.05) is 6.07 Å². The van der Waals surface area contributed by atoms with E-state index in [9.17, 15) is 19.2 Å². The molecule has 1 atom stereocenters. The van der Waals surface area contributed by atoms with Crippen molar-refractivity contribution in [2.45, 2.75) is 40.7 Å². The van der Waals surface area contributed by atoms with Crippen LogP contribution in [0, 0.1) is 19.8 Å². The summed E-state index contributed by atoms with van der Waals surface area (Å²) in [5, 5.41) is 5.22. The molecular weight excluding hydrogens is 386 g/mol. The molecule has 0 radical (unpaired) electrons. The summed E-state index contributed by atoms with van der Waals surface area (Å²) < 4.78 is 5.16. The van der Waals surface area contributed by atoms with Gasteiger partial charge in [-0.2, -0.15) is 0 Å². The Labute approximate surface area is 175 Å². The smallest absolute Gasteiger partial charge is 0.329 e. The second kappa shape index (κ2) is 9.87. The molecule has 0 aliphatic heterocycles. The quantitative estimate of drug-likeness (QED) is 0.453. The summed E-state index contributed by atoms with van der Waals surface area (Å²) >= 11 is 0. The van der Waals surface area contributed by atoms with Crippen LogP contribution >= 0.6 is 0 Å². The van der Waals surface area contributed by atoms with Crippen molar-refractivity contribution >= 4 is 29.3 Å². The number of ketones is 2. The van der Waals surface area contributed by atoms with Crippen molar-refractivity contribution < 1.29 is 23.9 Å². The first-order chi connectivity index (χ1) is 14.1. The number of benzene rings is 1. The van der Waals surface area contributed by atoms with Gasteiger partial charge in [-0.05, 0) is 44.4 Å². The Morgan fingerprint density at radius 2 is 1.70 bits per heavy atom. The summed E-state index contributed by atoms with van der Waals surface area (Å²) in [6.07, 6.45) is 0. The fraction of sp³-hybridized carbons (Fsp3) is 0.364. The number of anilines is 1. The predicted octanol–water partition coefficient (Wildman–Crippen LogP) is 3.41. The van der Waals surface area contributed by atoms with Crippen LogP contribution in [0.2, 0.25) is 0 Å². The van der Waals surface area contributed by atoms with Crippen molar-refractivity contribution in [3.63, 3.8) is 0 Å². The largest absolute Gasteiger partial charge is 0.456 e. The number of hydrogen-bond donors (Lipinski definition) is 3. The molecule has 160 valence electrons. The van der Waals surface area contributed by atoms with Gasteiger partial charge in [0, 0.05) is 16.9 Å². The molecule has 2 aromatic rings. The molecule has 0 fully saturated rings. The molecule has 0 aliphatic rings. The number of urea groups is 1. The fourth-order valence-corrected chi connectivity index (χ4v) is 3.18. The van der Waals surface area contributed by atoms with E-state index in [4.69, 9.17) is 4.74 Å². The van der Waals surface area contributed by atoms with Gasteiger partial charge >= 0.3 is 12.0 Å². The maximum Gasteiger partial charge on any atom is 0.329 e. The fourth-order valence-electron chi connectivity index (χ4n) is 3.18. The number of amides is 2. The molecule has 0 aliphatic carbocycles. The van der Waals surface area contributed by atoms with Crippen LogP contribution in [0.4, 0.5) is 10.5 Å². The molecular formula is C22H27N3O5. The zero-order valence-corrected chi connectivity index (χ0v) is 17.8. The number of esters is 1. The van der Waals surface area contributed by atoms with Gasteiger partial charge in [0.15, 0.2) is 12.4 Å². The van der Waals surface area contributed by atoms with Gasteiger partial charge in [-0.15, -0.1) is 0 Å². The minimum absolute atomic E-state index is 0.147. The van der Waals surface area contributed by atoms with E-state index in [-0.39, 0.29) is 17.4 Å². The highest BCUT2D eigenvalue weighted by Gasteiger charge is 2.27. The summed E-state index contributed by atoms with van der Waals surface area (Å²) in [7, 11) is 0. The lowest BCUT2D eigenvalue weighted by Crippen LogP contribution is -2.47. The van der Waals surface area contributed by atoms with Crippen LogP contribution in [0.1, 0.15) is 52.9 Å². The Kier molecular flexibility index (Phi) is 7.52. The molecule has 0 saturated carbocycles. The molecule has 2 rings (SSSR count). The first kappa shape index (κ1) is 22.9. The first-order valence-electron chi connectivity index (χ1n) is 9.64. The SMILES string of the molecule is CC(=O)c1c(C)[nH]c(C(=O)COC(=O)[C@@H](NC(=O)Nc2ccccc2)C(C)C)c1C.